The third kappa shape index (κ3) is 3.88. The fourth-order valence-corrected chi connectivity index (χ4v) is 12.5. The van der Waals surface area contributed by atoms with Crippen molar-refractivity contribution in [3.05, 3.63) is 215 Å². The SMILES string of the molecule is C1=CC(N(c2ccccc2)c2ccc3c4c(ccc3c2)C2(c3ccccc3-4)c3ccccc3-n3c4c(c5cccc2c53)C=CCC4)C2Sc3ccccc3C2=C1. The van der Waals surface area contributed by atoms with Gasteiger partial charge < -0.3 is 9.47 Å². The Kier molecular flexibility index (Phi) is 6.29. The maximum Gasteiger partial charge on any atom is 0.0754 e. The molecule has 7 aromatic carbocycles. The lowest BCUT2D eigenvalue weighted by molar-refractivity contribution is 0.735. The highest BCUT2D eigenvalue weighted by atomic mass is 32.2. The Hall–Kier alpha value is -6.29. The molecule has 2 nitrogen and oxygen atoms in total. The van der Waals surface area contributed by atoms with E-state index in [1.807, 2.05) is 11.8 Å². The Balaban J connectivity index is 1.04. The number of aromatic nitrogens is 1. The second-order valence-corrected chi connectivity index (χ2v) is 17.0. The molecule has 3 atom stereocenters. The highest BCUT2D eigenvalue weighted by Crippen LogP contribution is 2.62. The van der Waals surface area contributed by atoms with Crippen LogP contribution in [0.5, 0.6) is 0 Å². The van der Waals surface area contributed by atoms with Gasteiger partial charge in [-0.15, -0.1) is 11.8 Å². The van der Waals surface area contributed by atoms with E-state index in [0.29, 0.717) is 5.25 Å². The summed E-state index contributed by atoms with van der Waals surface area (Å²) in [4.78, 5) is 3.94. The number of thioether (sulfide) groups is 1. The topological polar surface area (TPSA) is 8.17 Å². The van der Waals surface area contributed by atoms with Crippen LogP contribution in [0.25, 0.3) is 50.1 Å². The number of benzene rings is 7. The molecule has 2 aliphatic heterocycles. The molecule has 0 amide bonds. The highest BCUT2D eigenvalue weighted by molar-refractivity contribution is 8.01. The van der Waals surface area contributed by atoms with E-state index in [-0.39, 0.29) is 6.04 Å². The number of para-hydroxylation sites is 3. The average Bonchev–Trinajstić information content (AvgIpc) is 3.91. The predicted octanol–water partition coefficient (Wildman–Crippen LogP) is 13.1. The van der Waals surface area contributed by atoms with Crippen molar-refractivity contribution in [1.82, 2.24) is 4.57 Å². The normalized spacial score (nSPS) is 20.3. The van der Waals surface area contributed by atoms with Gasteiger partial charge in [0.05, 0.1) is 27.9 Å². The zero-order valence-electron chi connectivity index (χ0n) is 30.7. The van der Waals surface area contributed by atoms with Gasteiger partial charge in [-0.25, -0.2) is 0 Å². The van der Waals surface area contributed by atoms with Crippen LogP contribution in [0.1, 0.15) is 45.5 Å². The van der Waals surface area contributed by atoms with Gasteiger partial charge in [-0.2, -0.15) is 0 Å². The highest BCUT2D eigenvalue weighted by Gasteiger charge is 2.51. The van der Waals surface area contributed by atoms with Gasteiger partial charge in [0.25, 0.3) is 0 Å². The lowest BCUT2D eigenvalue weighted by atomic mass is 9.65. The molecular formula is C53H36N2S. The van der Waals surface area contributed by atoms with Crippen LogP contribution in [-0.2, 0) is 11.8 Å². The van der Waals surface area contributed by atoms with E-state index in [1.54, 1.807) is 0 Å². The van der Waals surface area contributed by atoms with E-state index in [1.165, 1.54) is 99.4 Å². The van der Waals surface area contributed by atoms with Crippen molar-refractivity contribution in [3.8, 4) is 16.8 Å². The van der Waals surface area contributed by atoms with Crippen molar-refractivity contribution in [2.24, 2.45) is 0 Å². The van der Waals surface area contributed by atoms with Gasteiger partial charge in [0.15, 0.2) is 0 Å². The molecule has 8 aromatic rings. The number of allylic oxidation sites excluding steroid dienone is 3. The van der Waals surface area contributed by atoms with Gasteiger partial charge in [0.1, 0.15) is 0 Å². The third-order valence-electron chi connectivity index (χ3n) is 13.2. The van der Waals surface area contributed by atoms with Crippen LogP contribution in [0.3, 0.4) is 0 Å². The van der Waals surface area contributed by atoms with E-state index < -0.39 is 5.41 Å². The average molecular weight is 733 g/mol. The second kappa shape index (κ2) is 11.4. The van der Waals surface area contributed by atoms with E-state index >= 15 is 0 Å². The van der Waals surface area contributed by atoms with E-state index in [9.17, 15) is 0 Å². The van der Waals surface area contributed by atoms with Crippen LogP contribution >= 0.6 is 11.8 Å². The Bertz CT molecular complexity index is 3090. The number of hydrogen-bond acceptors (Lipinski definition) is 2. The number of fused-ring (bicyclic) bond motifs is 17. The summed E-state index contributed by atoms with van der Waals surface area (Å²) in [5, 5.41) is 4.23. The smallest absolute Gasteiger partial charge is 0.0754 e. The summed E-state index contributed by atoms with van der Waals surface area (Å²) in [5.41, 5.74) is 18.5. The molecule has 3 aliphatic carbocycles. The van der Waals surface area contributed by atoms with E-state index in [0.717, 1.165) is 12.8 Å². The van der Waals surface area contributed by atoms with Crippen molar-refractivity contribution in [2.45, 2.75) is 34.4 Å². The summed E-state index contributed by atoms with van der Waals surface area (Å²) in [5.74, 6) is 0. The largest absolute Gasteiger partial charge is 0.333 e. The van der Waals surface area contributed by atoms with E-state index in [2.05, 4.69) is 192 Å². The van der Waals surface area contributed by atoms with Crippen molar-refractivity contribution in [1.29, 1.82) is 0 Å². The summed E-state index contributed by atoms with van der Waals surface area (Å²) in [6.45, 7) is 0. The maximum absolute atomic E-state index is 2.61. The molecule has 3 unspecified atom stereocenters. The summed E-state index contributed by atoms with van der Waals surface area (Å²) < 4.78 is 2.61. The first-order valence-electron chi connectivity index (χ1n) is 19.9. The van der Waals surface area contributed by atoms with Gasteiger partial charge in [-0.3, -0.25) is 0 Å². The van der Waals surface area contributed by atoms with Crippen molar-refractivity contribution in [3.63, 3.8) is 0 Å². The van der Waals surface area contributed by atoms with Crippen LogP contribution in [0.4, 0.5) is 11.4 Å². The molecule has 13 rings (SSSR count). The standard InChI is InChI=1S/C53H36N2S/c1-2-14-34(15-3-1)54(48-26-13-20-40-38-17-6-11-27-49(38)56-52(40)48)35-29-30-36-33(32-35)28-31-44-50(36)41-18-4-7-21-42(41)53(44)43-22-8-10-25-47(43)55-46-24-9-5-16-37(46)39-19-12-23-45(53)51(39)55/h1-8,10-23,25-32,48,52H,9,24H2. The fraction of sp³-hybridized carbons (Fsp3) is 0.0943. The third-order valence-corrected chi connectivity index (χ3v) is 14.6. The lowest BCUT2D eigenvalue weighted by Crippen LogP contribution is -2.38. The summed E-state index contributed by atoms with van der Waals surface area (Å²) in [6.07, 6.45) is 13.9. The number of rotatable bonds is 3. The van der Waals surface area contributed by atoms with Gasteiger partial charge >= 0.3 is 0 Å². The van der Waals surface area contributed by atoms with Crippen LogP contribution in [0.15, 0.2) is 181 Å². The predicted molar refractivity (Wildman–Crippen MR) is 235 cm³/mol. The second-order valence-electron chi connectivity index (χ2n) is 15.8. The number of anilines is 2. The molecule has 3 heteroatoms. The maximum atomic E-state index is 2.61. The molecule has 0 fully saturated rings. The molecule has 3 heterocycles. The number of nitrogens with zero attached hydrogens (tertiary/aromatic N) is 2. The minimum absolute atomic E-state index is 0.154. The Morgan fingerprint density at radius 3 is 2.38 bits per heavy atom. The van der Waals surface area contributed by atoms with Crippen molar-refractivity contribution < 1.29 is 0 Å². The van der Waals surface area contributed by atoms with Crippen LogP contribution in [0.2, 0.25) is 0 Å². The van der Waals surface area contributed by atoms with Crippen LogP contribution in [-0.4, -0.2) is 15.9 Å². The molecule has 5 aliphatic rings. The van der Waals surface area contributed by atoms with Crippen molar-refractivity contribution >= 4 is 56.5 Å². The van der Waals surface area contributed by atoms with Crippen LogP contribution in [0, 0.1) is 0 Å². The zero-order valence-corrected chi connectivity index (χ0v) is 31.5. The molecular weight excluding hydrogens is 697 g/mol. The Morgan fingerprint density at radius 2 is 1.45 bits per heavy atom. The summed E-state index contributed by atoms with van der Waals surface area (Å²) >= 11 is 2.00. The minimum atomic E-state index is -0.435. The number of hydrogen-bond donors (Lipinski definition) is 0. The van der Waals surface area contributed by atoms with Gasteiger partial charge in [-0.1, -0.05) is 146 Å². The molecule has 0 bridgehead atoms. The Morgan fingerprint density at radius 1 is 0.643 bits per heavy atom. The molecule has 0 radical (unpaired) electrons. The van der Waals surface area contributed by atoms with Gasteiger partial charge in [0, 0.05) is 32.9 Å². The fourth-order valence-electron chi connectivity index (χ4n) is 11.1. The molecule has 1 spiro atoms. The minimum Gasteiger partial charge on any atom is -0.333 e. The quantitative estimate of drug-likeness (QED) is 0.179. The molecule has 1 aromatic heterocycles. The molecule has 0 saturated heterocycles. The molecule has 264 valence electrons. The molecule has 0 saturated carbocycles. The first-order valence-corrected chi connectivity index (χ1v) is 20.8. The first-order chi connectivity index (χ1) is 27.8. The molecule has 0 N–H and O–H groups in total. The lowest BCUT2D eigenvalue weighted by Gasteiger charge is -2.40. The Labute approximate surface area is 330 Å². The monoisotopic (exact) mass is 732 g/mol. The van der Waals surface area contributed by atoms with Crippen LogP contribution < -0.4 is 4.90 Å². The summed E-state index contributed by atoms with van der Waals surface area (Å²) in [6, 6.07) is 57.7. The summed E-state index contributed by atoms with van der Waals surface area (Å²) in [7, 11) is 0. The van der Waals surface area contributed by atoms with Crippen molar-refractivity contribution in [2.75, 3.05) is 4.90 Å². The zero-order chi connectivity index (χ0) is 36.5. The molecule has 56 heavy (non-hydrogen) atoms. The van der Waals surface area contributed by atoms with E-state index in [4.69, 9.17) is 0 Å². The van der Waals surface area contributed by atoms with Gasteiger partial charge in [0.2, 0.25) is 0 Å². The first kappa shape index (κ1) is 31.0. The van der Waals surface area contributed by atoms with Gasteiger partial charge in [-0.05, 0) is 105 Å².